The summed E-state index contributed by atoms with van der Waals surface area (Å²) < 4.78 is 14.0. The number of nitrogens with zero attached hydrogens (tertiary/aromatic N) is 7. The monoisotopic (exact) mass is 916 g/mol. The number of likely N-dealkylation sites (N-methyl/N-ethyl adjacent to an activating group) is 2. The first kappa shape index (κ1) is 49.5. The number of hydrogen-bond donors (Lipinski definition) is 3. The molecular weight excluding hydrogens is 847 g/mol. The van der Waals surface area contributed by atoms with Crippen molar-refractivity contribution in [1.82, 2.24) is 40.0 Å². The van der Waals surface area contributed by atoms with E-state index in [0.29, 0.717) is 36.8 Å². The predicted molar refractivity (Wildman–Crippen MR) is 255 cm³/mol. The van der Waals surface area contributed by atoms with Gasteiger partial charge in [-0.15, -0.1) is 11.3 Å². The van der Waals surface area contributed by atoms with Crippen LogP contribution in [0.5, 0.6) is 0 Å². The number of esters is 1. The fraction of sp³-hybridized carbons (Fsp3) is 0.583. The highest BCUT2D eigenvalue weighted by molar-refractivity contribution is 7.10. The Morgan fingerprint density at radius 2 is 1.92 bits per heavy atom. The number of methoxy groups -OCH3 is 1. The van der Waals surface area contributed by atoms with E-state index in [1.807, 2.05) is 66.1 Å². The average Bonchev–Trinajstić information content (AvgIpc) is 3.78. The van der Waals surface area contributed by atoms with Gasteiger partial charge in [0.1, 0.15) is 12.1 Å². The van der Waals surface area contributed by atoms with Gasteiger partial charge in [-0.1, -0.05) is 46.4 Å². The lowest BCUT2D eigenvalue weighted by Crippen LogP contribution is -2.67. The second-order valence-electron chi connectivity index (χ2n) is 18.7. The SMILES string of the molecule is C=C/C(=C(\N=CC)[C@H](C)OC)c1c2c3cc(ccc3n1CC)-c1csc(n1)C[C@H](NC(=O)[C@H](C(C)C)N(C)C(=O)N1CCCN(C)CC1)C(=O)N1CCC[C@@](O)(N1)C(=O)OCC(C)(C)C2. The Morgan fingerprint density at radius 1 is 1.17 bits per heavy atom. The van der Waals surface area contributed by atoms with Gasteiger partial charge in [0.15, 0.2) is 0 Å². The summed E-state index contributed by atoms with van der Waals surface area (Å²) in [4.78, 5) is 72.2. The largest absolute Gasteiger partial charge is 0.462 e. The van der Waals surface area contributed by atoms with E-state index < -0.39 is 41.0 Å². The van der Waals surface area contributed by atoms with Gasteiger partial charge >= 0.3 is 12.0 Å². The lowest BCUT2D eigenvalue weighted by molar-refractivity contribution is -0.189. The summed E-state index contributed by atoms with van der Waals surface area (Å²) >= 11 is 1.37. The molecule has 3 N–H and O–H groups in total. The van der Waals surface area contributed by atoms with Crippen LogP contribution in [0.1, 0.15) is 84.0 Å². The number of aryl methyl sites for hydroxylation is 1. The number of urea groups is 1. The van der Waals surface area contributed by atoms with E-state index in [9.17, 15) is 24.3 Å². The molecule has 6 rings (SSSR count). The van der Waals surface area contributed by atoms with Gasteiger partial charge in [-0.25, -0.2) is 14.6 Å². The van der Waals surface area contributed by atoms with E-state index in [2.05, 4.69) is 45.8 Å². The fourth-order valence-corrected chi connectivity index (χ4v) is 10.1. The normalized spacial score (nSPS) is 22.6. The van der Waals surface area contributed by atoms with Gasteiger partial charge in [-0.05, 0) is 77.2 Å². The highest BCUT2D eigenvalue weighted by Gasteiger charge is 2.46. The smallest absolute Gasteiger partial charge is 0.355 e. The van der Waals surface area contributed by atoms with E-state index in [1.54, 1.807) is 25.3 Å². The number of amides is 4. The zero-order valence-electron chi connectivity index (χ0n) is 39.9. The van der Waals surface area contributed by atoms with Crippen LogP contribution in [-0.2, 0) is 43.2 Å². The summed E-state index contributed by atoms with van der Waals surface area (Å²) in [6, 6.07) is 3.93. The molecule has 6 bridgehead atoms. The lowest BCUT2D eigenvalue weighted by atomic mass is 9.84. The Balaban J connectivity index is 1.45. The molecule has 2 fully saturated rings. The van der Waals surface area contributed by atoms with E-state index in [0.717, 1.165) is 58.5 Å². The molecule has 0 unspecified atom stereocenters. The van der Waals surface area contributed by atoms with Crippen LogP contribution in [-0.4, -0.2) is 149 Å². The van der Waals surface area contributed by atoms with Crippen LogP contribution in [0.2, 0.25) is 0 Å². The van der Waals surface area contributed by atoms with Gasteiger partial charge in [0.05, 0.1) is 34.8 Å². The number of fused-ring (bicyclic) bond motifs is 6. The van der Waals surface area contributed by atoms with Crippen molar-refractivity contribution in [3.05, 3.63) is 58.2 Å². The van der Waals surface area contributed by atoms with Crippen LogP contribution in [0, 0.1) is 11.3 Å². The summed E-state index contributed by atoms with van der Waals surface area (Å²) in [5, 5.41) is 19.6. The molecule has 5 heterocycles. The number of hydrogen-bond acceptors (Lipinski definition) is 12. The van der Waals surface area contributed by atoms with Gasteiger partial charge < -0.3 is 39.2 Å². The quantitative estimate of drug-likeness (QED) is 0.134. The molecule has 0 spiro atoms. The van der Waals surface area contributed by atoms with Gasteiger partial charge in [-0.2, -0.15) is 5.43 Å². The number of carbonyl (C=O) groups is 4. The number of nitrogens with one attached hydrogen (secondary N) is 2. The average molecular weight is 916 g/mol. The number of thiazole rings is 1. The van der Waals surface area contributed by atoms with Crippen molar-refractivity contribution in [2.45, 2.75) is 111 Å². The third kappa shape index (κ3) is 10.7. The van der Waals surface area contributed by atoms with Crippen molar-refractivity contribution in [3.8, 4) is 11.3 Å². The Morgan fingerprint density at radius 3 is 2.60 bits per heavy atom. The van der Waals surface area contributed by atoms with Crippen molar-refractivity contribution in [2.24, 2.45) is 16.3 Å². The molecule has 2 aromatic heterocycles. The number of rotatable bonds is 10. The number of benzene rings is 1. The summed E-state index contributed by atoms with van der Waals surface area (Å²) in [5.74, 6) is -2.27. The zero-order valence-corrected chi connectivity index (χ0v) is 40.7. The molecule has 17 heteroatoms. The molecule has 4 amide bonds. The maximum atomic E-state index is 14.6. The number of cyclic esters (lactones) is 1. The molecule has 2 saturated heterocycles. The van der Waals surface area contributed by atoms with E-state index in [1.165, 1.54) is 21.2 Å². The summed E-state index contributed by atoms with van der Waals surface area (Å²) in [6.07, 6.45) is 4.81. The number of aliphatic imine (C=N–C) groups is 1. The number of carbonyl (C=O) groups excluding carboxylic acids is 4. The molecule has 3 aliphatic heterocycles. The van der Waals surface area contributed by atoms with Gasteiger partial charge in [0.2, 0.25) is 11.6 Å². The third-order valence-electron chi connectivity index (χ3n) is 12.8. The molecule has 4 atom stereocenters. The molecule has 0 radical (unpaired) electrons. The number of hydrazine groups is 1. The molecule has 0 aliphatic carbocycles. The fourth-order valence-electron chi connectivity index (χ4n) is 9.28. The molecule has 1 aromatic carbocycles. The molecular formula is C48H69N9O7S. The van der Waals surface area contributed by atoms with Crippen molar-refractivity contribution >= 4 is 57.8 Å². The summed E-state index contributed by atoms with van der Waals surface area (Å²) in [5.41, 5.74) is 5.96. The second-order valence-corrected chi connectivity index (χ2v) is 19.6. The topological polar surface area (TPSA) is 174 Å². The van der Waals surface area contributed by atoms with Crippen molar-refractivity contribution in [2.75, 3.05) is 60.5 Å². The Kier molecular flexibility index (Phi) is 15.8. The number of allylic oxidation sites excluding steroid dienone is 2. The number of aromatic nitrogens is 2. The molecule has 354 valence electrons. The first-order valence-electron chi connectivity index (χ1n) is 22.8. The van der Waals surface area contributed by atoms with Crippen LogP contribution in [0.4, 0.5) is 4.79 Å². The van der Waals surface area contributed by atoms with Crippen molar-refractivity contribution in [1.29, 1.82) is 0 Å². The van der Waals surface area contributed by atoms with Gasteiger partial charge in [0, 0.05) is 98.8 Å². The summed E-state index contributed by atoms with van der Waals surface area (Å²) in [6.45, 7) is 21.4. The third-order valence-corrected chi connectivity index (χ3v) is 13.6. The first-order valence-corrected chi connectivity index (χ1v) is 23.7. The second kappa shape index (κ2) is 20.7. The maximum absolute atomic E-state index is 14.6. The van der Waals surface area contributed by atoms with Crippen molar-refractivity contribution in [3.63, 3.8) is 0 Å². The van der Waals surface area contributed by atoms with E-state index >= 15 is 0 Å². The van der Waals surface area contributed by atoms with Crippen LogP contribution in [0.25, 0.3) is 27.7 Å². The van der Waals surface area contributed by atoms with E-state index in [4.69, 9.17) is 19.5 Å². The predicted octanol–water partition coefficient (Wildman–Crippen LogP) is 5.49. The highest BCUT2D eigenvalue weighted by atomic mass is 32.1. The first-order chi connectivity index (χ1) is 30.9. The molecule has 3 aliphatic rings. The Labute approximate surface area is 387 Å². The molecule has 16 nitrogen and oxygen atoms in total. The zero-order chi connectivity index (χ0) is 47.4. The van der Waals surface area contributed by atoms with Crippen LogP contribution >= 0.6 is 11.3 Å². The van der Waals surface area contributed by atoms with Gasteiger partial charge in [0.25, 0.3) is 5.91 Å². The minimum atomic E-state index is -2.22. The minimum Gasteiger partial charge on any atom is -0.462 e. The van der Waals surface area contributed by atoms with E-state index in [-0.39, 0.29) is 50.5 Å². The Bertz CT molecular complexity index is 2320. The van der Waals surface area contributed by atoms with Crippen LogP contribution in [0.15, 0.2) is 46.9 Å². The molecule has 3 aromatic rings. The van der Waals surface area contributed by atoms with Gasteiger partial charge in [-0.3, -0.25) is 19.6 Å². The maximum Gasteiger partial charge on any atom is 0.355 e. The number of ether oxygens (including phenoxy) is 2. The Hall–Kier alpha value is -4.94. The standard InChI is InChI=1S/C48H69N9O7S/c1-12-33(40(49-13-2)31(6)63-11)42-35-27-47(7,8)29-64-45(60)48(62)19-15-22-57(52-48)44(59)36(26-39-50-37(28-65-39)32-17-18-38(34(35)25-32)56(42)14-3)51-43(58)41(30(4)5)54(10)46(61)55-21-16-20-53(9)23-24-55/h12-13,17-18,25,28,30-31,36,41,52,62H,1,14-16,19-24,26-27,29H2,2-11H3,(H,51,58)/b40-33+,49-13?/t31-,36-,41-,48-/m0/s1. The summed E-state index contributed by atoms with van der Waals surface area (Å²) in [7, 11) is 5.31. The lowest BCUT2D eigenvalue weighted by Gasteiger charge is -2.40. The van der Waals surface area contributed by atoms with Crippen LogP contribution in [0.3, 0.4) is 0 Å². The molecule has 0 saturated carbocycles. The number of aliphatic hydroxyl groups is 1. The molecule has 65 heavy (non-hydrogen) atoms. The van der Waals surface area contributed by atoms with Crippen molar-refractivity contribution < 1.29 is 33.8 Å². The minimum absolute atomic E-state index is 0.000336. The van der Waals surface area contributed by atoms with Crippen LogP contribution < -0.4 is 10.7 Å². The highest BCUT2D eigenvalue weighted by Crippen LogP contribution is 2.40.